The maximum absolute atomic E-state index is 11.5. The molecule has 100 valence electrons. The van der Waals surface area contributed by atoms with Crippen LogP contribution in [0.5, 0.6) is 0 Å². The predicted molar refractivity (Wildman–Crippen MR) is 57.4 cm³/mol. The molecule has 0 saturated carbocycles. The van der Waals surface area contributed by atoms with E-state index in [2.05, 4.69) is 4.84 Å². The van der Waals surface area contributed by atoms with Gasteiger partial charge in [-0.1, -0.05) is 0 Å². The molecule has 0 aliphatic heterocycles. The fourth-order valence-corrected chi connectivity index (χ4v) is 0.942. The number of hydrogen-bond donors (Lipinski definition) is 2. The SMILES string of the molecule is COCCN(CCOC)C(=O)NOCC(=O)O. The molecule has 0 radical (unpaired) electrons. The molecule has 0 aliphatic carbocycles. The van der Waals surface area contributed by atoms with Crippen molar-refractivity contribution in [2.45, 2.75) is 0 Å². The molecule has 0 spiro atoms. The molecule has 0 fully saturated rings. The largest absolute Gasteiger partial charge is 0.479 e. The van der Waals surface area contributed by atoms with Crippen molar-refractivity contribution < 1.29 is 29.0 Å². The summed E-state index contributed by atoms with van der Waals surface area (Å²) >= 11 is 0. The van der Waals surface area contributed by atoms with E-state index in [9.17, 15) is 9.59 Å². The molecule has 0 heterocycles. The van der Waals surface area contributed by atoms with Crippen molar-refractivity contribution in [3.63, 3.8) is 0 Å². The highest BCUT2D eigenvalue weighted by Gasteiger charge is 2.13. The minimum absolute atomic E-state index is 0.363. The number of nitrogens with one attached hydrogen (secondary N) is 1. The fraction of sp³-hybridized carbons (Fsp3) is 0.778. The van der Waals surface area contributed by atoms with Crippen molar-refractivity contribution in [2.75, 3.05) is 47.1 Å². The highest BCUT2D eigenvalue weighted by atomic mass is 16.7. The molecule has 0 aromatic heterocycles. The van der Waals surface area contributed by atoms with Crippen LogP contribution in [0.2, 0.25) is 0 Å². The van der Waals surface area contributed by atoms with Gasteiger partial charge < -0.3 is 19.5 Å². The topological polar surface area (TPSA) is 97.3 Å². The minimum atomic E-state index is -1.16. The van der Waals surface area contributed by atoms with Gasteiger partial charge in [-0.05, 0) is 0 Å². The lowest BCUT2D eigenvalue weighted by molar-refractivity contribution is -0.144. The van der Waals surface area contributed by atoms with E-state index < -0.39 is 18.6 Å². The van der Waals surface area contributed by atoms with Crippen LogP contribution in [0.25, 0.3) is 0 Å². The average molecular weight is 250 g/mol. The molecule has 2 N–H and O–H groups in total. The first kappa shape index (κ1) is 15.6. The van der Waals surface area contributed by atoms with Gasteiger partial charge in [0.2, 0.25) is 0 Å². The third-order valence-corrected chi connectivity index (χ3v) is 1.77. The molecule has 0 aliphatic rings. The Hall–Kier alpha value is -1.38. The van der Waals surface area contributed by atoms with Crippen LogP contribution >= 0.6 is 0 Å². The zero-order valence-corrected chi connectivity index (χ0v) is 9.97. The Bertz CT molecular complexity index is 228. The van der Waals surface area contributed by atoms with Crippen LogP contribution in [0.3, 0.4) is 0 Å². The van der Waals surface area contributed by atoms with Crippen LogP contribution < -0.4 is 5.48 Å². The number of nitrogens with zero attached hydrogens (tertiary/aromatic N) is 1. The highest BCUT2D eigenvalue weighted by molar-refractivity contribution is 5.73. The second kappa shape index (κ2) is 9.82. The van der Waals surface area contributed by atoms with Gasteiger partial charge in [-0.3, -0.25) is 4.84 Å². The lowest BCUT2D eigenvalue weighted by Crippen LogP contribution is -2.43. The van der Waals surface area contributed by atoms with Gasteiger partial charge in [-0.2, -0.15) is 0 Å². The second-order valence-electron chi connectivity index (χ2n) is 3.06. The van der Waals surface area contributed by atoms with Gasteiger partial charge in [0.25, 0.3) is 0 Å². The third-order valence-electron chi connectivity index (χ3n) is 1.77. The van der Waals surface area contributed by atoms with Crippen molar-refractivity contribution in [3.05, 3.63) is 0 Å². The average Bonchev–Trinajstić information content (AvgIpc) is 2.28. The van der Waals surface area contributed by atoms with Crippen molar-refractivity contribution in [1.29, 1.82) is 0 Å². The molecule has 0 saturated heterocycles. The number of amides is 2. The first-order valence-electron chi connectivity index (χ1n) is 4.98. The van der Waals surface area contributed by atoms with E-state index in [1.54, 1.807) is 0 Å². The van der Waals surface area contributed by atoms with Gasteiger partial charge in [0.05, 0.1) is 13.2 Å². The molecular formula is C9H18N2O6. The summed E-state index contributed by atoms with van der Waals surface area (Å²) in [6.07, 6.45) is 0. The monoisotopic (exact) mass is 250 g/mol. The van der Waals surface area contributed by atoms with Gasteiger partial charge in [0.15, 0.2) is 6.61 Å². The Labute approximate surface area is 99.4 Å². The Morgan fingerprint density at radius 3 is 2.12 bits per heavy atom. The molecule has 2 amide bonds. The third kappa shape index (κ3) is 8.43. The molecule has 0 atom stereocenters. The number of methoxy groups -OCH3 is 2. The van der Waals surface area contributed by atoms with E-state index in [1.165, 1.54) is 19.1 Å². The van der Waals surface area contributed by atoms with Crippen LogP contribution in [0.15, 0.2) is 0 Å². The number of rotatable bonds is 9. The molecule has 8 nitrogen and oxygen atoms in total. The number of ether oxygens (including phenoxy) is 2. The van der Waals surface area contributed by atoms with E-state index >= 15 is 0 Å². The molecule has 0 bridgehead atoms. The summed E-state index contributed by atoms with van der Waals surface area (Å²) in [5.74, 6) is -1.16. The van der Waals surface area contributed by atoms with Crippen LogP contribution in [0.1, 0.15) is 0 Å². The summed E-state index contributed by atoms with van der Waals surface area (Å²) in [7, 11) is 3.04. The lowest BCUT2D eigenvalue weighted by atomic mass is 10.5. The summed E-state index contributed by atoms with van der Waals surface area (Å²) in [4.78, 5) is 27.6. The van der Waals surface area contributed by atoms with Gasteiger partial charge in [0, 0.05) is 27.3 Å². The zero-order valence-electron chi connectivity index (χ0n) is 9.97. The van der Waals surface area contributed by atoms with Crippen LogP contribution in [0, 0.1) is 0 Å². The number of hydroxylamine groups is 1. The van der Waals surface area contributed by atoms with Crippen molar-refractivity contribution in [2.24, 2.45) is 0 Å². The summed E-state index contributed by atoms with van der Waals surface area (Å²) < 4.78 is 9.70. The Balaban J connectivity index is 3.97. The van der Waals surface area contributed by atoms with Gasteiger partial charge in [0.1, 0.15) is 0 Å². The van der Waals surface area contributed by atoms with Crippen LogP contribution in [0.4, 0.5) is 4.79 Å². The van der Waals surface area contributed by atoms with E-state index in [0.29, 0.717) is 26.3 Å². The first-order chi connectivity index (χ1) is 8.11. The predicted octanol–water partition coefficient (Wildman–Crippen LogP) is -0.693. The van der Waals surface area contributed by atoms with Crippen molar-refractivity contribution in [3.8, 4) is 0 Å². The quantitative estimate of drug-likeness (QED) is 0.525. The smallest absolute Gasteiger partial charge is 0.341 e. The van der Waals surface area contributed by atoms with Crippen molar-refractivity contribution >= 4 is 12.0 Å². The first-order valence-corrected chi connectivity index (χ1v) is 4.98. The van der Waals surface area contributed by atoms with E-state index in [1.807, 2.05) is 5.48 Å². The van der Waals surface area contributed by atoms with Crippen molar-refractivity contribution in [1.82, 2.24) is 10.4 Å². The van der Waals surface area contributed by atoms with E-state index in [4.69, 9.17) is 14.6 Å². The summed E-state index contributed by atoms with van der Waals surface area (Å²) in [6.45, 7) is 0.879. The summed E-state index contributed by atoms with van der Waals surface area (Å²) in [5, 5.41) is 8.32. The van der Waals surface area contributed by atoms with E-state index in [0.717, 1.165) is 0 Å². The molecular weight excluding hydrogens is 232 g/mol. The van der Waals surface area contributed by atoms with Gasteiger partial charge in [-0.25, -0.2) is 15.1 Å². The lowest BCUT2D eigenvalue weighted by Gasteiger charge is -2.21. The number of carbonyl (C=O) groups excluding carboxylic acids is 1. The molecule has 8 heteroatoms. The Morgan fingerprint density at radius 1 is 1.18 bits per heavy atom. The summed E-state index contributed by atoms with van der Waals surface area (Å²) in [5.41, 5.74) is 2.03. The number of carbonyl (C=O) groups is 2. The molecule has 0 rings (SSSR count). The summed E-state index contributed by atoms with van der Waals surface area (Å²) in [6, 6.07) is -0.527. The normalized spacial score (nSPS) is 10.0. The molecule has 0 aromatic carbocycles. The fourth-order valence-electron chi connectivity index (χ4n) is 0.942. The van der Waals surface area contributed by atoms with Gasteiger partial charge in [-0.15, -0.1) is 0 Å². The van der Waals surface area contributed by atoms with Crippen LogP contribution in [-0.4, -0.2) is 69.1 Å². The number of hydrogen-bond acceptors (Lipinski definition) is 5. The number of urea groups is 1. The molecule has 0 aromatic rings. The number of carboxylic acid groups (broad SMARTS) is 1. The van der Waals surface area contributed by atoms with E-state index in [-0.39, 0.29) is 0 Å². The molecule has 17 heavy (non-hydrogen) atoms. The second-order valence-corrected chi connectivity index (χ2v) is 3.06. The zero-order chi connectivity index (χ0) is 13.1. The van der Waals surface area contributed by atoms with Gasteiger partial charge >= 0.3 is 12.0 Å². The van der Waals surface area contributed by atoms with Crippen LogP contribution in [-0.2, 0) is 19.1 Å². The maximum atomic E-state index is 11.5. The Kier molecular flexibility index (Phi) is 9.02. The molecule has 0 unspecified atom stereocenters. The number of aliphatic carboxylic acids is 1. The minimum Gasteiger partial charge on any atom is -0.479 e. The Morgan fingerprint density at radius 2 is 1.71 bits per heavy atom. The number of carboxylic acids is 1. The maximum Gasteiger partial charge on any atom is 0.341 e. The highest BCUT2D eigenvalue weighted by Crippen LogP contribution is 1.91. The standard InChI is InChI=1S/C9H18N2O6/c1-15-5-3-11(4-6-16-2)9(14)10-17-7-8(12)13/h3-7H2,1-2H3,(H,10,14)(H,12,13).